The van der Waals surface area contributed by atoms with Gasteiger partial charge < -0.3 is 10.6 Å². The van der Waals surface area contributed by atoms with Crippen LogP contribution in [0.2, 0.25) is 0 Å². The highest BCUT2D eigenvalue weighted by molar-refractivity contribution is 6.01. The van der Waals surface area contributed by atoms with Crippen LogP contribution in [0.4, 0.5) is 0 Å². The molecule has 6 nitrogen and oxygen atoms in total. The van der Waals surface area contributed by atoms with Gasteiger partial charge in [-0.1, -0.05) is 0 Å². The van der Waals surface area contributed by atoms with Crippen LogP contribution in [-0.4, -0.2) is 40.6 Å². The van der Waals surface area contributed by atoms with E-state index in [1.165, 1.54) is 0 Å². The summed E-state index contributed by atoms with van der Waals surface area (Å²) in [6.07, 6.45) is 0. The molecule has 0 radical (unpaired) electrons. The lowest BCUT2D eigenvalue weighted by Gasteiger charge is -2.05. The van der Waals surface area contributed by atoms with E-state index in [0.29, 0.717) is 23.4 Å². The number of fused-ring (bicyclic) bond motifs is 1. The average molecular weight is 298 g/mol. The van der Waals surface area contributed by atoms with E-state index in [1.807, 2.05) is 33.9 Å². The molecule has 1 amide bonds. The number of hydrogen-bond donors (Lipinski definition) is 2. The summed E-state index contributed by atoms with van der Waals surface area (Å²) in [6.45, 7) is 7.01. The third kappa shape index (κ3) is 3.08. The highest BCUT2D eigenvalue weighted by Gasteiger charge is 2.19. The number of aryl methyl sites for hydroxylation is 3. The molecule has 7 heteroatoms. The summed E-state index contributed by atoms with van der Waals surface area (Å²) < 4.78 is 1.72. The summed E-state index contributed by atoms with van der Waals surface area (Å²) in [5.74, 6) is -0.125. The Bertz CT molecular complexity index is 623. The molecule has 0 fully saturated rings. The number of carbonyl (C=O) groups excluding carboxylic acids is 1. The van der Waals surface area contributed by atoms with Crippen molar-refractivity contribution in [3.8, 4) is 0 Å². The summed E-state index contributed by atoms with van der Waals surface area (Å²) in [7, 11) is 1.85. The van der Waals surface area contributed by atoms with E-state index < -0.39 is 0 Å². The van der Waals surface area contributed by atoms with Crippen molar-refractivity contribution in [2.24, 2.45) is 0 Å². The van der Waals surface area contributed by atoms with Crippen molar-refractivity contribution in [2.45, 2.75) is 20.8 Å². The van der Waals surface area contributed by atoms with Crippen LogP contribution in [0.1, 0.15) is 27.4 Å². The molecule has 0 aliphatic rings. The smallest absolute Gasteiger partial charge is 0.257 e. The third-order valence-electron chi connectivity index (χ3n) is 2.96. The van der Waals surface area contributed by atoms with E-state index in [4.69, 9.17) is 0 Å². The maximum absolute atomic E-state index is 12.2. The normalized spacial score (nSPS) is 10.4. The standard InChI is InChI=1S/C13H19N5O.ClH/c1-8-7-9(2)18-12(16-8)11(10(3)17-18)13(19)15-6-5-14-4;/h7,14H,5-6H2,1-4H3,(H,15,19);1H. The molecular formula is C13H20ClN5O. The average Bonchev–Trinajstić information content (AvgIpc) is 2.66. The zero-order chi connectivity index (χ0) is 14.0. The molecule has 0 bridgehead atoms. The predicted molar refractivity (Wildman–Crippen MR) is 80.7 cm³/mol. The Kier molecular flexibility index (Phi) is 5.47. The summed E-state index contributed by atoms with van der Waals surface area (Å²) in [5, 5.41) is 10.2. The van der Waals surface area contributed by atoms with E-state index in [2.05, 4.69) is 20.7 Å². The SMILES string of the molecule is CNCCNC(=O)c1c(C)nn2c(C)cc(C)nc12.Cl. The van der Waals surface area contributed by atoms with Crippen molar-refractivity contribution in [1.29, 1.82) is 0 Å². The zero-order valence-electron chi connectivity index (χ0n) is 12.1. The lowest BCUT2D eigenvalue weighted by Crippen LogP contribution is -2.30. The van der Waals surface area contributed by atoms with Gasteiger partial charge in [0.05, 0.1) is 5.69 Å². The number of carbonyl (C=O) groups is 1. The Balaban J connectivity index is 0.00000200. The maximum Gasteiger partial charge on any atom is 0.257 e. The van der Waals surface area contributed by atoms with Crippen LogP contribution < -0.4 is 10.6 Å². The second-order valence-electron chi connectivity index (χ2n) is 4.59. The van der Waals surface area contributed by atoms with Gasteiger partial charge >= 0.3 is 0 Å². The fraction of sp³-hybridized carbons (Fsp3) is 0.462. The van der Waals surface area contributed by atoms with E-state index in [-0.39, 0.29) is 18.3 Å². The number of hydrogen-bond acceptors (Lipinski definition) is 4. The Labute approximate surface area is 124 Å². The van der Waals surface area contributed by atoms with Gasteiger partial charge in [-0.3, -0.25) is 4.79 Å². The van der Waals surface area contributed by atoms with Crippen LogP contribution in [0, 0.1) is 20.8 Å². The van der Waals surface area contributed by atoms with Crippen LogP contribution in [0.3, 0.4) is 0 Å². The number of rotatable bonds is 4. The van der Waals surface area contributed by atoms with Crippen molar-refractivity contribution in [1.82, 2.24) is 25.2 Å². The van der Waals surface area contributed by atoms with Crippen LogP contribution in [0.15, 0.2) is 6.07 Å². The van der Waals surface area contributed by atoms with Gasteiger partial charge in [-0.15, -0.1) is 12.4 Å². The third-order valence-corrected chi connectivity index (χ3v) is 2.96. The first kappa shape index (κ1) is 16.4. The second kappa shape index (κ2) is 6.67. The molecule has 2 heterocycles. The molecule has 0 aliphatic carbocycles. The molecule has 0 spiro atoms. The lowest BCUT2D eigenvalue weighted by atomic mass is 10.2. The molecule has 0 unspecified atom stereocenters. The zero-order valence-corrected chi connectivity index (χ0v) is 13.0. The van der Waals surface area contributed by atoms with Gasteiger partial charge in [-0.05, 0) is 33.9 Å². The van der Waals surface area contributed by atoms with Crippen molar-refractivity contribution in [2.75, 3.05) is 20.1 Å². The Morgan fingerprint density at radius 1 is 1.30 bits per heavy atom. The molecule has 2 N–H and O–H groups in total. The first-order chi connectivity index (χ1) is 9.04. The van der Waals surface area contributed by atoms with Gasteiger partial charge in [0.2, 0.25) is 0 Å². The summed E-state index contributed by atoms with van der Waals surface area (Å²) in [4.78, 5) is 16.6. The van der Waals surface area contributed by atoms with Crippen molar-refractivity contribution >= 4 is 24.0 Å². The van der Waals surface area contributed by atoms with Crippen LogP contribution in [0.25, 0.3) is 5.65 Å². The molecule has 110 valence electrons. The first-order valence-electron chi connectivity index (χ1n) is 6.31. The number of halogens is 1. The van der Waals surface area contributed by atoms with Crippen LogP contribution >= 0.6 is 12.4 Å². The molecular weight excluding hydrogens is 278 g/mol. The van der Waals surface area contributed by atoms with Gasteiger partial charge in [0.15, 0.2) is 5.65 Å². The second-order valence-corrected chi connectivity index (χ2v) is 4.59. The lowest BCUT2D eigenvalue weighted by molar-refractivity contribution is 0.0955. The molecule has 0 saturated carbocycles. The Morgan fingerprint density at radius 3 is 2.65 bits per heavy atom. The molecule has 0 saturated heterocycles. The van der Waals surface area contributed by atoms with Gasteiger partial charge in [0, 0.05) is 24.5 Å². The number of nitrogens with one attached hydrogen (secondary N) is 2. The number of nitrogens with zero attached hydrogens (tertiary/aromatic N) is 3. The number of aromatic nitrogens is 3. The largest absolute Gasteiger partial charge is 0.351 e. The summed E-state index contributed by atoms with van der Waals surface area (Å²) in [5.41, 5.74) is 3.73. The van der Waals surface area contributed by atoms with E-state index in [1.54, 1.807) is 4.52 Å². The highest BCUT2D eigenvalue weighted by Crippen LogP contribution is 2.15. The van der Waals surface area contributed by atoms with Crippen molar-refractivity contribution < 1.29 is 4.79 Å². The minimum Gasteiger partial charge on any atom is -0.351 e. The van der Waals surface area contributed by atoms with Crippen LogP contribution in [-0.2, 0) is 0 Å². The topological polar surface area (TPSA) is 71.3 Å². The Hall–Kier alpha value is -1.66. The maximum atomic E-state index is 12.2. The molecule has 0 aromatic carbocycles. The van der Waals surface area contributed by atoms with E-state index in [0.717, 1.165) is 17.9 Å². The van der Waals surface area contributed by atoms with E-state index >= 15 is 0 Å². The number of amides is 1. The van der Waals surface area contributed by atoms with Crippen molar-refractivity contribution in [3.05, 3.63) is 28.7 Å². The monoisotopic (exact) mass is 297 g/mol. The molecule has 2 aromatic heterocycles. The Morgan fingerprint density at radius 2 is 2.00 bits per heavy atom. The predicted octanol–water partition coefficient (Wildman–Crippen LogP) is 1.03. The van der Waals surface area contributed by atoms with Gasteiger partial charge in [0.25, 0.3) is 5.91 Å². The van der Waals surface area contributed by atoms with Gasteiger partial charge in [-0.2, -0.15) is 5.10 Å². The molecule has 20 heavy (non-hydrogen) atoms. The van der Waals surface area contributed by atoms with Crippen LogP contribution in [0.5, 0.6) is 0 Å². The minimum absolute atomic E-state index is 0. The first-order valence-corrected chi connectivity index (χ1v) is 6.31. The quantitative estimate of drug-likeness (QED) is 0.827. The summed E-state index contributed by atoms with van der Waals surface area (Å²) >= 11 is 0. The fourth-order valence-corrected chi connectivity index (χ4v) is 2.08. The fourth-order valence-electron chi connectivity index (χ4n) is 2.08. The van der Waals surface area contributed by atoms with Crippen molar-refractivity contribution in [3.63, 3.8) is 0 Å². The summed E-state index contributed by atoms with van der Waals surface area (Å²) in [6, 6.07) is 1.95. The van der Waals surface area contributed by atoms with Gasteiger partial charge in [0.1, 0.15) is 5.56 Å². The highest BCUT2D eigenvalue weighted by atomic mass is 35.5. The minimum atomic E-state index is -0.125. The number of likely N-dealkylation sites (N-methyl/N-ethyl adjacent to an activating group) is 1. The molecule has 0 atom stereocenters. The molecule has 0 aliphatic heterocycles. The molecule has 2 aromatic rings. The van der Waals surface area contributed by atoms with Gasteiger partial charge in [-0.25, -0.2) is 9.50 Å². The molecule has 2 rings (SSSR count). The van der Waals surface area contributed by atoms with E-state index in [9.17, 15) is 4.79 Å².